The Bertz CT molecular complexity index is 716. The van der Waals surface area contributed by atoms with E-state index in [1.165, 1.54) is 23.9 Å². The number of benzene rings is 1. The molecule has 2 N–H and O–H groups in total. The summed E-state index contributed by atoms with van der Waals surface area (Å²) in [4.78, 5) is 12.0. The van der Waals surface area contributed by atoms with Gasteiger partial charge in [0.05, 0.1) is 10.5 Å². The number of nitrogens with one attached hydrogen (secondary N) is 2. The first-order valence-corrected chi connectivity index (χ1v) is 7.37. The van der Waals surface area contributed by atoms with Gasteiger partial charge < -0.3 is 5.32 Å². The fraction of sp³-hybridized carbons (Fsp3) is 0.286. The van der Waals surface area contributed by atoms with Gasteiger partial charge in [-0.15, -0.1) is 11.8 Å². The van der Waals surface area contributed by atoms with E-state index >= 15 is 0 Å². The number of hydrogen-bond donors (Lipinski definition) is 2. The maximum atomic E-state index is 14.1. The predicted octanol–water partition coefficient (Wildman–Crippen LogP) is 3.16. The summed E-state index contributed by atoms with van der Waals surface area (Å²) in [5, 5.41) is 8.79. The number of carbonyl (C=O) groups excluding carboxylic acids is 1. The number of thioether (sulfide) groups is 1. The molecule has 21 heavy (non-hydrogen) atoms. The largest absolute Gasteiger partial charge is 0.308 e. The summed E-state index contributed by atoms with van der Waals surface area (Å²) >= 11 is 1.32. The van der Waals surface area contributed by atoms with Gasteiger partial charge in [0.1, 0.15) is 11.6 Å². The molecule has 1 aromatic carbocycles. The molecule has 0 saturated carbocycles. The van der Waals surface area contributed by atoms with Crippen LogP contribution in [0, 0.1) is 18.6 Å². The van der Waals surface area contributed by atoms with E-state index in [9.17, 15) is 13.6 Å². The van der Waals surface area contributed by atoms with Crippen LogP contribution in [0.25, 0.3) is 0 Å². The molecule has 0 fully saturated rings. The lowest BCUT2D eigenvalue weighted by molar-refractivity contribution is -0.115. The minimum absolute atomic E-state index is 0.183. The van der Waals surface area contributed by atoms with Crippen molar-refractivity contribution in [1.82, 2.24) is 10.2 Å². The Balaban J connectivity index is 2.15. The van der Waals surface area contributed by atoms with Gasteiger partial charge in [-0.05, 0) is 19.9 Å². The number of rotatable bonds is 1. The second kappa shape index (κ2) is 5.14. The Labute approximate surface area is 124 Å². The van der Waals surface area contributed by atoms with Crippen molar-refractivity contribution < 1.29 is 13.6 Å². The molecule has 0 aliphatic carbocycles. The molecule has 0 spiro atoms. The number of carbonyl (C=O) groups is 1. The molecule has 1 aliphatic rings. The normalized spacial score (nSPS) is 21.6. The van der Waals surface area contributed by atoms with Crippen LogP contribution < -0.4 is 5.32 Å². The molecule has 7 heteroatoms. The van der Waals surface area contributed by atoms with Crippen LogP contribution in [0.2, 0.25) is 0 Å². The Hall–Kier alpha value is -1.89. The lowest BCUT2D eigenvalue weighted by Crippen LogP contribution is -2.21. The number of aromatic nitrogens is 2. The van der Waals surface area contributed by atoms with Crippen molar-refractivity contribution in [3.63, 3.8) is 0 Å². The number of H-pyrrole nitrogens is 1. The summed E-state index contributed by atoms with van der Waals surface area (Å²) in [6.45, 7) is 3.56. The summed E-state index contributed by atoms with van der Waals surface area (Å²) in [5.74, 6) is -1.03. The van der Waals surface area contributed by atoms with Crippen molar-refractivity contribution >= 4 is 23.5 Å². The van der Waals surface area contributed by atoms with Gasteiger partial charge in [0.25, 0.3) is 0 Å². The highest BCUT2D eigenvalue weighted by atomic mass is 32.2. The highest BCUT2D eigenvalue weighted by Gasteiger charge is 2.33. The Kier molecular flexibility index (Phi) is 3.44. The highest BCUT2D eigenvalue weighted by molar-refractivity contribution is 8.01. The minimum atomic E-state index is -0.624. The molecule has 0 unspecified atom stereocenters. The first kappa shape index (κ1) is 14.1. The van der Waals surface area contributed by atoms with Gasteiger partial charge in [0.2, 0.25) is 5.91 Å². The number of aryl methyl sites for hydroxylation is 1. The second-order valence-electron chi connectivity index (χ2n) is 4.92. The Morgan fingerprint density at radius 1 is 1.33 bits per heavy atom. The lowest BCUT2D eigenvalue weighted by Gasteiger charge is -2.18. The number of fused-ring (bicyclic) bond motifs is 1. The summed E-state index contributed by atoms with van der Waals surface area (Å²) < 4.78 is 27.3. The number of halogens is 2. The van der Waals surface area contributed by atoms with E-state index in [-0.39, 0.29) is 11.2 Å². The van der Waals surface area contributed by atoms with Crippen molar-refractivity contribution in [2.24, 2.45) is 0 Å². The van der Waals surface area contributed by atoms with Gasteiger partial charge in [-0.2, -0.15) is 5.10 Å². The third-order valence-electron chi connectivity index (χ3n) is 3.45. The molecule has 0 saturated heterocycles. The van der Waals surface area contributed by atoms with Gasteiger partial charge in [0, 0.05) is 22.9 Å². The van der Waals surface area contributed by atoms with Crippen molar-refractivity contribution in [1.29, 1.82) is 0 Å². The smallest absolute Gasteiger partial charge is 0.238 e. The topological polar surface area (TPSA) is 57.8 Å². The maximum Gasteiger partial charge on any atom is 0.238 e. The van der Waals surface area contributed by atoms with Crippen LogP contribution >= 0.6 is 11.8 Å². The summed E-state index contributed by atoms with van der Waals surface area (Å²) in [5.41, 5.74) is 1.82. The summed E-state index contributed by atoms with van der Waals surface area (Å²) in [6, 6.07) is 3.50. The number of aromatic amines is 1. The fourth-order valence-corrected chi connectivity index (χ4v) is 3.70. The second-order valence-corrected chi connectivity index (χ2v) is 6.38. The monoisotopic (exact) mass is 309 g/mol. The molecule has 2 heterocycles. The van der Waals surface area contributed by atoms with Crippen LogP contribution in [0.4, 0.5) is 14.6 Å². The molecular formula is C14H13F2N3OS. The molecule has 1 aromatic heterocycles. The zero-order chi connectivity index (χ0) is 15.1. The van der Waals surface area contributed by atoms with Crippen LogP contribution in [0.1, 0.15) is 29.0 Å². The van der Waals surface area contributed by atoms with E-state index in [1.54, 1.807) is 6.92 Å². The quantitative estimate of drug-likeness (QED) is 0.851. The Morgan fingerprint density at radius 2 is 2.10 bits per heavy atom. The molecule has 110 valence electrons. The van der Waals surface area contributed by atoms with Gasteiger partial charge in [-0.25, -0.2) is 8.78 Å². The summed E-state index contributed by atoms with van der Waals surface area (Å²) in [6.07, 6.45) is 0. The van der Waals surface area contributed by atoms with E-state index in [4.69, 9.17) is 0 Å². The van der Waals surface area contributed by atoms with Crippen LogP contribution in [-0.2, 0) is 4.79 Å². The molecule has 2 aromatic rings. The van der Waals surface area contributed by atoms with E-state index in [0.29, 0.717) is 11.4 Å². The van der Waals surface area contributed by atoms with Crippen molar-refractivity contribution in [3.8, 4) is 0 Å². The van der Waals surface area contributed by atoms with Crippen molar-refractivity contribution in [2.75, 3.05) is 5.32 Å². The average Bonchev–Trinajstić information content (AvgIpc) is 2.71. The first-order chi connectivity index (χ1) is 9.97. The number of anilines is 1. The predicted molar refractivity (Wildman–Crippen MR) is 77.2 cm³/mol. The SMILES string of the molecule is Cc1[nH]nc2c1[C@@H](c1ccc(F)cc1F)S[C@@H](C)C(=O)N2. The van der Waals surface area contributed by atoms with Gasteiger partial charge in [-0.3, -0.25) is 9.89 Å². The standard InChI is InChI=1S/C14H13F2N3OS/c1-6-11-12(9-4-3-8(15)5-10(9)16)21-7(2)14(20)17-13(11)19-18-6/h3-5,7,12H,1-2H3,(H2,17,18,19,20)/t7-,12+/m0/s1. The van der Waals surface area contributed by atoms with Gasteiger partial charge in [0.15, 0.2) is 5.82 Å². The highest BCUT2D eigenvalue weighted by Crippen LogP contribution is 2.45. The number of amides is 1. The molecular weight excluding hydrogens is 296 g/mol. The average molecular weight is 309 g/mol. The Morgan fingerprint density at radius 3 is 2.81 bits per heavy atom. The summed E-state index contributed by atoms with van der Waals surface area (Å²) in [7, 11) is 0. The molecule has 1 aliphatic heterocycles. The molecule has 1 amide bonds. The van der Waals surface area contributed by atoms with Gasteiger partial charge in [-0.1, -0.05) is 6.07 Å². The molecule has 4 nitrogen and oxygen atoms in total. The first-order valence-electron chi connectivity index (χ1n) is 6.43. The fourth-order valence-electron chi connectivity index (χ4n) is 2.35. The number of hydrogen-bond acceptors (Lipinski definition) is 3. The van der Waals surface area contributed by atoms with E-state index in [0.717, 1.165) is 17.3 Å². The number of nitrogens with zero attached hydrogens (tertiary/aromatic N) is 1. The third-order valence-corrected chi connectivity index (χ3v) is 4.84. The van der Waals surface area contributed by atoms with E-state index in [2.05, 4.69) is 15.5 Å². The van der Waals surface area contributed by atoms with E-state index in [1.807, 2.05) is 6.92 Å². The molecule has 3 rings (SSSR count). The van der Waals surface area contributed by atoms with E-state index < -0.39 is 16.9 Å². The molecule has 2 atom stereocenters. The zero-order valence-corrected chi connectivity index (χ0v) is 12.2. The maximum absolute atomic E-state index is 14.1. The molecule has 0 bridgehead atoms. The van der Waals surface area contributed by atoms with Crippen LogP contribution in [0.5, 0.6) is 0 Å². The van der Waals surface area contributed by atoms with Crippen molar-refractivity contribution in [2.45, 2.75) is 24.3 Å². The van der Waals surface area contributed by atoms with Gasteiger partial charge >= 0.3 is 0 Å². The lowest BCUT2D eigenvalue weighted by atomic mass is 10.0. The van der Waals surface area contributed by atoms with Crippen LogP contribution in [0.3, 0.4) is 0 Å². The van der Waals surface area contributed by atoms with Crippen molar-refractivity contribution in [3.05, 3.63) is 46.7 Å². The van der Waals surface area contributed by atoms with Crippen LogP contribution in [0.15, 0.2) is 18.2 Å². The molecule has 0 radical (unpaired) electrons. The zero-order valence-electron chi connectivity index (χ0n) is 11.4. The third kappa shape index (κ3) is 2.42. The van der Waals surface area contributed by atoms with Crippen LogP contribution in [-0.4, -0.2) is 21.4 Å². The minimum Gasteiger partial charge on any atom is -0.308 e.